The lowest BCUT2D eigenvalue weighted by atomic mass is 10.3. The SMILES string of the molecule is N#CCNc1ccc2[nH]c(=O)[nH]c2c1. The normalized spacial score (nSPS) is 9.93. The van der Waals surface area contributed by atoms with Crippen molar-refractivity contribution in [2.75, 3.05) is 11.9 Å². The fraction of sp³-hybridized carbons (Fsp3) is 0.111. The zero-order valence-corrected chi connectivity index (χ0v) is 7.29. The van der Waals surface area contributed by atoms with Crippen LogP contribution in [0.5, 0.6) is 0 Å². The minimum atomic E-state index is -0.225. The summed E-state index contributed by atoms with van der Waals surface area (Å²) in [5, 5.41) is 11.3. The second-order valence-corrected chi connectivity index (χ2v) is 2.85. The van der Waals surface area contributed by atoms with E-state index in [-0.39, 0.29) is 12.2 Å². The van der Waals surface area contributed by atoms with E-state index in [4.69, 9.17) is 5.26 Å². The van der Waals surface area contributed by atoms with E-state index >= 15 is 0 Å². The molecule has 0 unspecified atom stereocenters. The highest BCUT2D eigenvalue weighted by Gasteiger charge is 1.98. The highest BCUT2D eigenvalue weighted by molar-refractivity contribution is 5.78. The van der Waals surface area contributed by atoms with Gasteiger partial charge in [-0.15, -0.1) is 0 Å². The first-order valence-electron chi connectivity index (χ1n) is 4.12. The van der Waals surface area contributed by atoms with E-state index in [0.717, 1.165) is 16.7 Å². The van der Waals surface area contributed by atoms with Gasteiger partial charge < -0.3 is 15.3 Å². The van der Waals surface area contributed by atoms with Gasteiger partial charge in [0, 0.05) is 5.69 Å². The maximum atomic E-state index is 10.9. The van der Waals surface area contributed by atoms with E-state index in [1.165, 1.54) is 0 Å². The van der Waals surface area contributed by atoms with Crippen molar-refractivity contribution >= 4 is 16.7 Å². The summed E-state index contributed by atoms with van der Waals surface area (Å²) in [6.07, 6.45) is 0. The van der Waals surface area contributed by atoms with E-state index in [9.17, 15) is 4.79 Å². The van der Waals surface area contributed by atoms with Crippen LogP contribution in [0.1, 0.15) is 0 Å². The Kier molecular flexibility index (Phi) is 1.95. The molecule has 2 rings (SSSR count). The average molecular weight is 188 g/mol. The van der Waals surface area contributed by atoms with Crippen molar-refractivity contribution in [2.24, 2.45) is 0 Å². The Morgan fingerprint density at radius 3 is 2.93 bits per heavy atom. The third-order valence-corrected chi connectivity index (χ3v) is 1.89. The standard InChI is InChI=1S/C9H8N4O/c10-3-4-11-6-1-2-7-8(5-6)13-9(14)12-7/h1-2,5,11H,4H2,(H2,12,13,14). The highest BCUT2D eigenvalue weighted by Crippen LogP contribution is 2.13. The van der Waals surface area contributed by atoms with Crippen molar-refractivity contribution in [3.8, 4) is 6.07 Å². The number of H-pyrrole nitrogens is 2. The van der Waals surface area contributed by atoms with Gasteiger partial charge in [0.25, 0.3) is 0 Å². The van der Waals surface area contributed by atoms with Gasteiger partial charge in [0.15, 0.2) is 0 Å². The number of nitrogens with one attached hydrogen (secondary N) is 3. The van der Waals surface area contributed by atoms with Crippen molar-refractivity contribution in [3.63, 3.8) is 0 Å². The number of hydrogen-bond donors (Lipinski definition) is 3. The van der Waals surface area contributed by atoms with Gasteiger partial charge in [-0.2, -0.15) is 5.26 Å². The van der Waals surface area contributed by atoms with Crippen molar-refractivity contribution in [1.29, 1.82) is 5.26 Å². The number of imidazole rings is 1. The van der Waals surface area contributed by atoms with Crippen LogP contribution in [0.25, 0.3) is 11.0 Å². The summed E-state index contributed by atoms with van der Waals surface area (Å²) in [6.45, 7) is 0.250. The summed E-state index contributed by atoms with van der Waals surface area (Å²) in [6, 6.07) is 7.35. The van der Waals surface area contributed by atoms with Crippen LogP contribution in [0, 0.1) is 11.3 Å². The fourth-order valence-corrected chi connectivity index (χ4v) is 1.28. The molecule has 0 amide bonds. The first-order chi connectivity index (χ1) is 6.79. The number of benzene rings is 1. The molecule has 0 fully saturated rings. The van der Waals surface area contributed by atoms with Crippen LogP contribution in [0.2, 0.25) is 0 Å². The van der Waals surface area contributed by atoms with Crippen molar-refractivity contribution in [1.82, 2.24) is 9.97 Å². The lowest BCUT2D eigenvalue weighted by Gasteiger charge is -2.00. The number of hydrogen-bond acceptors (Lipinski definition) is 3. The van der Waals surface area contributed by atoms with Crippen LogP contribution >= 0.6 is 0 Å². The van der Waals surface area contributed by atoms with Gasteiger partial charge in [0.1, 0.15) is 6.54 Å². The maximum Gasteiger partial charge on any atom is 0.323 e. The molecule has 0 saturated heterocycles. The first kappa shape index (κ1) is 8.38. The zero-order chi connectivity index (χ0) is 9.97. The van der Waals surface area contributed by atoms with E-state index < -0.39 is 0 Å². The molecule has 0 radical (unpaired) electrons. The Hall–Kier alpha value is -2.22. The number of nitrogens with zero attached hydrogens (tertiary/aromatic N) is 1. The monoisotopic (exact) mass is 188 g/mol. The third-order valence-electron chi connectivity index (χ3n) is 1.89. The fourth-order valence-electron chi connectivity index (χ4n) is 1.28. The predicted octanol–water partition coefficient (Wildman–Crippen LogP) is 0.792. The largest absolute Gasteiger partial charge is 0.372 e. The smallest absolute Gasteiger partial charge is 0.323 e. The lowest BCUT2D eigenvalue weighted by molar-refractivity contribution is 1.21. The molecule has 5 heteroatoms. The molecule has 0 aliphatic heterocycles. The van der Waals surface area contributed by atoms with Gasteiger partial charge in [-0.25, -0.2) is 4.79 Å². The molecule has 1 heterocycles. The second kappa shape index (κ2) is 3.26. The van der Waals surface area contributed by atoms with Gasteiger partial charge in [-0.3, -0.25) is 0 Å². The maximum absolute atomic E-state index is 10.9. The van der Waals surface area contributed by atoms with Crippen molar-refractivity contribution in [2.45, 2.75) is 0 Å². The number of fused-ring (bicyclic) bond motifs is 1. The summed E-state index contributed by atoms with van der Waals surface area (Å²) in [5.74, 6) is 0. The predicted molar refractivity (Wildman–Crippen MR) is 53.0 cm³/mol. The van der Waals surface area contributed by atoms with Crippen LogP contribution in [-0.4, -0.2) is 16.5 Å². The molecular formula is C9H8N4O. The number of rotatable bonds is 2. The topological polar surface area (TPSA) is 84.5 Å². The number of aromatic amines is 2. The van der Waals surface area contributed by atoms with Crippen LogP contribution in [0.3, 0.4) is 0 Å². The Balaban J connectivity index is 2.41. The van der Waals surface area contributed by atoms with Crippen LogP contribution < -0.4 is 11.0 Å². The molecule has 5 nitrogen and oxygen atoms in total. The quantitative estimate of drug-likeness (QED) is 0.609. The number of nitriles is 1. The molecule has 3 N–H and O–H groups in total. The minimum Gasteiger partial charge on any atom is -0.372 e. The molecule has 0 atom stereocenters. The van der Waals surface area contributed by atoms with E-state index in [2.05, 4.69) is 15.3 Å². The molecule has 1 aromatic carbocycles. The second-order valence-electron chi connectivity index (χ2n) is 2.85. The molecule has 0 bridgehead atoms. The molecular weight excluding hydrogens is 180 g/mol. The van der Waals surface area contributed by atoms with Gasteiger partial charge >= 0.3 is 5.69 Å². The third kappa shape index (κ3) is 1.45. The van der Waals surface area contributed by atoms with Gasteiger partial charge in [0.05, 0.1) is 17.1 Å². The Labute approximate surface area is 79.4 Å². The molecule has 1 aromatic heterocycles. The molecule has 2 aromatic rings. The van der Waals surface area contributed by atoms with E-state index in [1.54, 1.807) is 12.1 Å². The molecule has 0 saturated carbocycles. The van der Waals surface area contributed by atoms with Crippen molar-refractivity contribution < 1.29 is 0 Å². The molecule has 0 aliphatic rings. The summed E-state index contributed by atoms with van der Waals surface area (Å²) < 4.78 is 0. The Morgan fingerprint density at radius 1 is 1.36 bits per heavy atom. The summed E-state index contributed by atoms with van der Waals surface area (Å²) in [7, 11) is 0. The molecule has 70 valence electrons. The highest BCUT2D eigenvalue weighted by atomic mass is 16.1. The molecule has 0 spiro atoms. The first-order valence-corrected chi connectivity index (χ1v) is 4.12. The summed E-state index contributed by atoms with van der Waals surface area (Å²) in [4.78, 5) is 16.2. The Bertz CT molecular complexity index is 546. The molecule has 0 aliphatic carbocycles. The summed E-state index contributed by atoms with van der Waals surface area (Å²) in [5.41, 5.74) is 2.09. The van der Waals surface area contributed by atoms with E-state index in [0.29, 0.717) is 0 Å². The van der Waals surface area contributed by atoms with Crippen LogP contribution in [-0.2, 0) is 0 Å². The number of anilines is 1. The molecule has 14 heavy (non-hydrogen) atoms. The number of aromatic nitrogens is 2. The van der Waals surface area contributed by atoms with Gasteiger partial charge in [-0.1, -0.05) is 0 Å². The van der Waals surface area contributed by atoms with Gasteiger partial charge in [-0.05, 0) is 18.2 Å². The van der Waals surface area contributed by atoms with E-state index in [1.807, 2.05) is 12.1 Å². The Morgan fingerprint density at radius 2 is 2.14 bits per heavy atom. The lowest BCUT2D eigenvalue weighted by Crippen LogP contribution is -1.99. The zero-order valence-electron chi connectivity index (χ0n) is 7.29. The van der Waals surface area contributed by atoms with Crippen LogP contribution in [0.4, 0.5) is 5.69 Å². The van der Waals surface area contributed by atoms with Crippen molar-refractivity contribution in [3.05, 3.63) is 28.7 Å². The summed E-state index contributed by atoms with van der Waals surface area (Å²) >= 11 is 0. The minimum absolute atomic E-state index is 0.225. The van der Waals surface area contributed by atoms with Crippen LogP contribution in [0.15, 0.2) is 23.0 Å². The average Bonchev–Trinajstić information content (AvgIpc) is 2.54. The van der Waals surface area contributed by atoms with Gasteiger partial charge in [0.2, 0.25) is 0 Å².